The Morgan fingerprint density at radius 2 is 1.12 bits per heavy atom. The summed E-state index contributed by atoms with van der Waals surface area (Å²) in [5.74, 6) is -0.621. The van der Waals surface area contributed by atoms with Gasteiger partial charge in [0.25, 0.3) is 5.56 Å². The molecule has 25 heavy (non-hydrogen) atoms. The number of nitrogens with zero attached hydrogens (tertiary/aromatic N) is 2. The second kappa shape index (κ2) is 6.77. The predicted octanol–water partition coefficient (Wildman–Crippen LogP) is 4.31. The van der Waals surface area contributed by atoms with Gasteiger partial charge < -0.3 is 5.11 Å². The molecule has 0 aliphatic rings. The van der Waals surface area contributed by atoms with E-state index < -0.39 is 17.1 Å². The molecule has 1 heterocycles. The summed E-state index contributed by atoms with van der Waals surface area (Å²) in [4.78, 5) is 25.3. The first-order valence-corrected chi connectivity index (χ1v) is 8.31. The number of aromatic nitrogens is 2. The van der Waals surface area contributed by atoms with Crippen LogP contribution in [-0.2, 0) is 0 Å². The first-order chi connectivity index (χ1) is 11.8. The summed E-state index contributed by atoms with van der Waals surface area (Å²) in [5.41, 5.74) is -1.70. The van der Waals surface area contributed by atoms with Crippen molar-refractivity contribution < 1.29 is 5.11 Å². The Hall–Kier alpha value is -1.92. The van der Waals surface area contributed by atoms with Crippen LogP contribution in [0.3, 0.4) is 0 Å². The molecule has 0 bridgehead atoms. The van der Waals surface area contributed by atoms with Gasteiger partial charge in [0, 0.05) is 0 Å². The Morgan fingerprint density at radius 1 is 0.720 bits per heavy atom. The van der Waals surface area contributed by atoms with Crippen molar-refractivity contribution in [1.82, 2.24) is 9.13 Å². The Kier molecular flexibility index (Phi) is 4.84. The topological polar surface area (TPSA) is 64.2 Å². The highest BCUT2D eigenvalue weighted by atomic mass is 35.5. The van der Waals surface area contributed by atoms with Crippen molar-refractivity contribution in [3.63, 3.8) is 0 Å². The minimum Gasteiger partial charge on any atom is -0.494 e. The fourth-order valence-corrected chi connectivity index (χ4v) is 3.49. The van der Waals surface area contributed by atoms with Gasteiger partial charge in [0.15, 0.2) is 0 Å². The van der Waals surface area contributed by atoms with Crippen LogP contribution in [0.15, 0.2) is 52.1 Å². The zero-order valence-corrected chi connectivity index (χ0v) is 15.2. The average Bonchev–Trinajstić information content (AvgIpc) is 2.52. The molecule has 1 aromatic heterocycles. The van der Waals surface area contributed by atoms with Crippen LogP contribution >= 0.6 is 46.4 Å². The maximum absolute atomic E-state index is 13.0. The summed E-state index contributed by atoms with van der Waals surface area (Å²) >= 11 is 24.4. The van der Waals surface area contributed by atoms with Crippen molar-refractivity contribution >= 4 is 46.4 Å². The average molecular weight is 418 g/mol. The van der Waals surface area contributed by atoms with Crippen LogP contribution in [0.2, 0.25) is 20.1 Å². The molecule has 1 N–H and O–H groups in total. The number of halogens is 4. The molecule has 0 radical (unpaired) electrons. The first-order valence-electron chi connectivity index (χ1n) is 6.79. The number of hydrogen-bond acceptors (Lipinski definition) is 3. The molecule has 128 valence electrons. The van der Waals surface area contributed by atoms with Crippen LogP contribution in [0.5, 0.6) is 5.88 Å². The van der Waals surface area contributed by atoms with Gasteiger partial charge in [0.05, 0.1) is 37.5 Å². The molecule has 0 unspecified atom stereocenters. The summed E-state index contributed by atoms with van der Waals surface area (Å²) in [5, 5.41) is 10.6. The van der Waals surface area contributed by atoms with E-state index >= 15 is 0 Å². The second-order valence-corrected chi connectivity index (χ2v) is 6.56. The molecule has 5 nitrogen and oxygen atoms in total. The van der Waals surface area contributed by atoms with Crippen molar-refractivity contribution in [2.24, 2.45) is 0 Å². The van der Waals surface area contributed by atoms with Crippen molar-refractivity contribution in [2.75, 3.05) is 0 Å². The third-order valence-electron chi connectivity index (χ3n) is 3.41. The number of para-hydroxylation sites is 2. The molecule has 0 aliphatic carbocycles. The lowest BCUT2D eigenvalue weighted by Crippen LogP contribution is -2.38. The molecule has 0 amide bonds. The molecule has 9 heteroatoms. The summed E-state index contributed by atoms with van der Waals surface area (Å²) < 4.78 is 1.55. The fourth-order valence-electron chi connectivity index (χ4n) is 2.35. The quantitative estimate of drug-likeness (QED) is 0.675. The number of hydrogen-bond donors (Lipinski definition) is 1. The van der Waals surface area contributed by atoms with E-state index in [-0.39, 0.29) is 31.5 Å². The molecule has 0 aliphatic heterocycles. The summed E-state index contributed by atoms with van der Waals surface area (Å²) in [6, 6.07) is 9.95. The van der Waals surface area contributed by atoms with Gasteiger partial charge in [-0.25, -0.2) is 13.9 Å². The Balaban J connectivity index is 2.47. The largest absolute Gasteiger partial charge is 0.494 e. The standard InChI is InChI=1S/C16H8Cl4N2O3/c17-8-3-1-4-9(18)14(8)21-12(23)7-13(24)22(16(21)25)15-10(19)5-2-6-11(15)20/h1-7,23H. The summed E-state index contributed by atoms with van der Waals surface area (Å²) in [7, 11) is 0. The van der Waals surface area contributed by atoms with Crippen LogP contribution in [-0.4, -0.2) is 14.2 Å². The third-order valence-corrected chi connectivity index (χ3v) is 4.63. The first kappa shape index (κ1) is 17.9. The molecule has 2 aromatic carbocycles. The predicted molar refractivity (Wildman–Crippen MR) is 99.3 cm³/mol. The van der Waals surface area contributed by atoms with Crippen LogP contribution in [0, 0.1) is 0 Å². The smallest absolute Gasteiger partial charge is 0.343 e. The molecule has 0 saturated carbocycles. The van der Waals surface area contributed by atoms with Crippen molar-refractivity contribution in [3.8, 4) is 17.3 Å². The van der Waals surface area contributed by atoms with Gasteiger partial charge in [-0.3, -0.25) is 4.79 Å². The lowest BCUT2D eigenvalue weighted by molar-refractivity contribution is 0.428. The second-order valence-electron chi connectivity index (χ2n) is 4.93. The summed E-state index contributed by atoms with van der Waals surface area (Å²) in [6.07, 6.45) is 0. The molecule has 3 rings (SSSR count). The van der Waals surface area contributed by atoms with Gasteiger partial charge in [-0.2, -0.15) is 0 Å². The van der Waals surface area contributed by atoms with Crippen LogP contribution in [0.4, 0.5) is 0 Å². The fraction of sp³-hybridized carbons (Fsp3) is 0. The molecule has 0 atom stereocenters. The van der Waals surface area contributed by atoms with Crippen LogP contribution < -0.4 is 11.2 Å². The van der Waals surface area contributed by atoms with E-state index in [9.17, 15) is 14.7 Å². The van der Waals surface area contributed by atoms with E-state index in [4.69, 9.17) is 46.4 Å². The van der Waals surface area contributed by atoms with Crippen LogP contribution in [0.1, 0.15) is 0 Å². The Bertz CT molecular complexity index is 1070. The molecule has 0 fully saturated rings. The minimum absolute atomic E-state index is 0.00207. The van der Waals surface area contributed by atoms with E-state index in [2.05, 4.69) is 0 Å². The lowest BCUT2D eigenvalue weighted by Gasteiger charge is -2.15. The van der Waals surface area contributed by atoms with E-state index in [1.165, 1.54) is 24.3 Å². The lowest BCUT2D eigenvalue weighted by atomic mass is 10.3. The zero-order chi connectivity index (χ0) is 18.3. The zero-order valence-electron chi connectivity index (χ0n) is 12.2. The minimum atomic E-state index is -0.921. The van der Waals surface area contributed by atoms with E-state index in [0.717, 1.165) is 15.2 Å². The van der Waals surface area contributed by atoms with Gasteiger partial charge >= 0.3 is 5.69 Å². The monoisotopic (exact) mass is 416 g/mol. The highest BCUT2D eigenvalue weighted by molar-refractivity contribution is 6.38. The Morgan fingerprint density at radius 3 is 1.56 bits per heavy atom. The van der Waals surface area contributed by atoms with Crippen molar-refractivity contribution in [1.29, 1.82) is 0 Å². The van der Waals surface area contributed by atoms with Gasteiger partial charge in [-0.05, 0) is 24.3 Å². The van der Waals surface area contributed by atoms with Gasteiger partial charge in [0.1, 0.15) is 0 Å². The summed E-state index contributed by atoms with van der Waals surface area (Å²) in [6.45, 7) is 0. The Labute approximate surface area is 161 Å². The SMILES string of the molecule is O=c1cc(O)n(-c2c(Cl)cccc2Cl)c(=O)n1-c1c(Cl)cccc1Cl. The molecule has 0 saturated heterocycles. The van der Waals surface area contributed by atoms with Crippen molar-refractivity contribution in [3.05, 3.63) is 83.4 Å². The molecular formula is C16H8Cl4N2O3. The molecule has 3 aromatic rings. The molecular weight excluding hydrogens is 410 g/mol. The maximum Gasteiger partial charge on any atom is 0.343 e. The number of benzene rings is 2. The van der Waals surface area contributed by atoms with Gasteiger partial charge in [-0.15, -0.1) is 0 Å². The third kappa shape index (κ3) is 3.04. The maximum atomic E-state index is 13.0. The van der Waals surface area contributed by atoms with Crippen molar-refractivity contribution in [2.45, 2.75) is 0 Å². The highest BCUT2D eigenvalue weighted by Crippen LogP contribution is 2.30. The molecule has 0 spiro atoms. The van der Waals surface area contributed by atoms with E-state index in [1.807, 2.05) is 0 Å². The van der Waals surface area contributed by atoms with Gasteiger partial charge in [-0.1, -0.05) is 58.5 Å². The van der Waals surface area contributed by atoms with E-state index in [0.29, 0.717) is 0 Å². The normalized spacial score (nSPS) is 10.9. The number of aromatic hydroxyl groups is 1. The van der Waals surface area contributed by atoms with Gasteiger partial charge in [0.2, 0.25) is 5.88 Å². The van der Waals surface area contributed by atoms with Crippen LogP contribution in [0.25, 0.3) is 11.4 Å². The van der Waals surface area contributed by atoms with E-state index in [1.54, 1.807) is 12.1 Å². The number of rotatable bonds is 2. The highest BCUT2D eigenvalue weighted by Gasteiger charge is 2.20.